The quantitative estimate of drug-likeness (QED) is 0.715. The number of carbonyl (C=O) groups is 1. The van der Waals surface area contributed by atoms with Crippen molar-refractivity contribution in [1.82, 2.24) is 4.72 Å². The van der Waals surface area contributed by atoms with Crippen LogP contribution < -0.4 is 4.72 Å². The molecule has 5 aliphatic carbocycles. The third-order valence-corrected chi connectivity index (χ3v) is 8.18. The minimum Gasteiger partial charge on any atom is -0.462 e. The van der Waals surface area contributed by atoms with Crippen LogP contribution in [0.25, 0.3) is 0 Å². The van der Waals surface area contributed by atoms with Gasteiger partial charge in [-0.05, 0) is 94.3 Å². The average Bonchev–Trinajstić information content (AvgIpc) is 2.54. The molecular formula is C20H33NO4S. The molecule has 148 valence electrons. The normalized spacial score (nSPS) is 42.0. The molecule has 26 heavy (non-hydrogen) atoms. The molecule has 0 aromatic carbocycles. The Hall–Kier alpha value is -0.620. The van der Waals surface area contributed by atoms with Crippen molar-refractivity contribution in [2.24, 2.45) is 29.1 Å². The first kappa shape index (κ1) is 18.7. The third-order valence-electron chi connectivity index (χ3n) is 7.46. The molecule has 0 amide bonds. The van der Waals surface area contributed by atoms with Crippen molar-refractivity contribution in [2.45, 2.75) is 76.7 Å². The molecule has 5 fully saturated rings. The van der Waals surface area contributed by atoms with Crippen LogP contribution in [-0.4, -0.2) is 33.3 Å². The zero-order valence-corrected chi connectivity index (χ0v) is 16.7. The topological polar surface area (TPSA) is 72.5 Å². The highest BCUT2D eigenvalue weighted by atomic mass is 32.2. The fourth-order valence-electron chi connectivity index (χ4n) is 6.62. The predicted octanol–water partition coefficient (Wildman–Crippen LogP) is 3.24. The van der Waals surface area contributed by atoms with E-state index in [4.69, 9.17) is 4.74 Å². The van der Waals surface area contributed by atoms with Gasteiger partial charge in [-0.25, -0.2) is 13.1 Å². The maximum absolute atomic E-state index is 13.0. The van der Waals surface area contributed by atoms with Gasteiger partial charge in [-0.2, -0.15) is 0 Å². The molecule has 5 saturated carbocycles. The van der Waals surface area contributed by atoms with Crippen molar-refractivity contribution in [1.29, 1.82) is 0 Å². The molecule has 4 bridgehead atoms. The van der Waals surface area contributed by atoms with Crippen molar-refractivity contribution in [3.05, 3.63) is 0 Å². The van der Waals surface area contributed by atoms with E-state index in [9.17, 15) is 13.2 Å². The van der Waals surface area contributed by atoms with Crippen LogP contribution in [0.5, 0.6) is 0 Å². The number of nitrogens with one attached hydrogen (secondary N) is 1. The summed E-state index contributed by atoms with van der Waals surface area (Å²) >= 11 is 0. The van der Waals surface area contributed by atoms with Crippen LogP contribution in [0.1, 0.15) is 70.6 Å². The molecule has 5 aliphatic rings. The van der Waals surface area contributed by atoms with Crippen LogP contribution in [0, 0.1) is 29.1 Å². The van der Waals surface area contributed by atoms with Gasteiger partial charge in [-0.3, -0.25) is 4.79 Å². The van der Waals surface area contributed by atoms with E-state index >= 15 is 0 Å². The van der Waals surface area contributed by atoms with Gasteiger partial charge >= 0.3 is 5.97 Å². The molecule has 5 nitrogen and oxygen atoms in total. The zero-order valence-electron chi connectivity index (χ0n) is 15.9. The lowest BCUT2D eigenvalue weighted by molar-refractivity contribution is -0.178. The van der Waals surface area contributed by atoms with Gasteiger partial charge < -0.3 is 4.74 Å². The summed E-state index contributed by atoms with van der Waals surface area (Å²) < 4.78 is 30.9. The Kier molecular flexibility index (Phi) is 5.10. The largest absolute Gasteiger partial charge is 0.462 e. The predicted molar refractivity (Wildman–Crippen MR) is 99.9 cm³/mol. The van der Waals surface area contributed by atoms with Crippen LogP contribution in [0.4, 0.5) is 0 Å². The number of sulfonamides is 1. The van der Waals surface area contributed by atoms with E-state index in [-0.39, 0.29) is 17.5 Å². The van der Waals surface area contributed by atoms with Crippen molar-refractivity contribution in [3.8, 4) is 0 Å². The fraction of sp³-hybridized carbons (Fsp3) is 0.950. The zero-order chi connectivity index (χ0) is 18.4. The lowest BCUT2D eigenvalue weighted by Gasteiger charge is -2.55. The number of hydrogen-bond donors (Lipinski definition) is 1. The molecule has 0 radical (unpaired) electrons. The van der Waals surface area contributed by atoms with Crippen molar-refractivity contribution >= 4 is 16.0 Å². The van der Waals surface area contributed by atoms with Crippen molar-refractivity contribution < 1.29 is 17.9 Å². The van der Waals surface area contributed by atoms with Crippen molar-refractivity contribution in [2.75, 3.05) is 12.8 Å². The molecule has 0 aromatic heterocycles. The molecule has 0 saturated heterocycles. The summed E-state index contributed by atoms with van der Waals surface area (Å²) in [5.74, 6) is 2.96. The fourth-order valence-corrected chi connectivity index (χ4v) is 7.11. The van der Waals surface area contributed by atoms with Gasteiger partial charge in [0.15, 0.2) is 0 Å². The second-order valence-electron chi connectivity index (χ2n) is 9.70. The van der Waals surface area contributed by atoms with E-state index in [1.54, 1.807) is 0 Å². The summed E-state index contributed by atoms with van der Waals surface area (Å²) in [5.41, 5.74) is -0.148. The Balaban J connectivity index is 1.24. The Bertz CT molecular complexity index is 601. The minimum absolute atomic E-state index is 0.0784. The standard InChI is InChI=1S/C20H33NO4S/c1-26(23,24)21-7-6-14-2-4-18(5-3-14)25-19(22)20-11-15-8-16(12-20)10-17(9-15)13-20/h14-18,21H,2-13H2,1H3. The van der Waals surface area contributed by atoms with E-state index in [2.05, 4.69) is 4.72 Å². The van der Waals surface area contributed by atoms with Gasteiger partial charge in [0.25, 0.3) is 0 Å². The highest BCUT2D eigenvalue weighted by molar-refractivity contribution is 7.88. The summed E-state index contributed by atoms with van der Waals surface area (Å²) in [5, 5.41) is 0. The first-order valence-corrected chi connectivity index (χ1v) is 12.4. The van der Waals surface area contributed by atoms with E-state index in [1.165, 1.54) is 25.5 Å². The number of carbonyl (C=O) groups excluding carboxylic acids is 1. The molecule has 0 unspecified atom stereocenters. The molecule has 1 N–H and O–H groups in total. The van der Waals surface area contributed by atoms with Crippen LogP contribution >= 0.6 is 0 Å². The van der Waals surface area contributed by atoms with Crippen LogP contribution in [0.3, 0.4) is 0 Å². The summed E-state index contributed by atoms with van der Waals surface area (Å²) in [7, 11) is -3.09. The highest BCUT2D eigenvalue weighted by Crippen LogP contribution is 2.60. The van der Waals surface area contributed by atoms with Crippen LogP contribution in [-0.2, 0) is 19.6 Å². The number of ether oxygens (including phenoxy) is 1. The Morgan fingerprint density at radius 2 is 1.54 bits per heavy atom. The second kappa shape index (κ2) is 7.08. The minimum atomic E-state index is -3.09. The Morgan fingerprint density at radius 1 is 1.00 bits per heavy atom. The number of rotatable bonds is 6. The molecule has 0 atom stereocenters. The average molecular weight is 384 g/mol. The summed E-state index contributed by atoms with van der Waals surface area (Å²) in [6.07, 6.45) is 13.3. The lowest BCUT2D eigenvalue weighted by Crippen LogP contribution is -2.51. The maximum Gasteiger partial charge on any atom is 0.312 e. The highest BCUT2D eigenvalue weighted by Gasteiger charge is 2.55. The summed E-state index contributed by atoms with van der Waals surface area (Å²) in [4.78, 5) is 13.0. The molecule has 0 aliphatic heterocycles. The number of hydrogen-bond acceptors (Lipinski definition) is 4. The third kappa shape index (κ3) is 4.11. The summed E-state index contributed by atoms with van der Waals surface area (Å²) in [6, 6.07) is 0. The van der Waals surface area contributed by atoms with Gasteiger partial charge in [-0.1, -0.05) is 0 Å². The van der Waals surface area contributed by atoms with Gasteiger partial charge in [0, 0.05) is 6.54 Å². The van der Waals surface area contributed by atoms with Gasteiger partial charge in [0.05, 0.1) is 11.7 Å². The van der Waals surface area contributed by atoms with E-state index in [1.807, 2.05) is 0 Å². The lowest BCUT2D eigenvalue weighted by atomic mass is 9.49. The SMILES string of the molecule is CS(=O)(=O)NCCC1CCC(OC(=O)C23CC4CC(CC(C4)C2)C3)CC1. The van der Waals surface area contributed by atoms with E-state index < -0.39 is 10.0 Å². The van der Waals surface area contributed by atoms with Gasteiger partial charge in [0.2, 0.25) is 10.0 Å². The molecule has 5 rings (SSSR count). The first-order valence-electron chi connectivity index (χ1n) is 10.5. The molecular weight excluding hydrogens is 350 g/mol. The van der Waals surface area contributed by atoms with Crippen molar-refractivity contribution in [3.63, 3.8) is 0 Å². The second-order valence-corrected chi connectivity index (χ2v) is 11.5. The Labute approximate surface area is 157 Å². The van der Waals surface area contributed by atoms with Gasteiger partial charge in [0.1, 0.15) is 6.10 Å². The first-order chi connectivity index (χ1) is 12.3. The van der Waals surface area contributed by atoms with Gasteiger partial charge in [-0.15, -0.1) is 0 Å². The summed E-state index contributed by atoms with van der Waals surface area (Å²) in [6.45, 7) is 0.515. The molecule has 6 heteroatoms. The Morgan fingerprint density at radius 3 is 2.04 bits per heavy atom. The monoisotopic (exact) mass is 383 g/mol. The maximum atomic E-state index is 13.0. The number of esters is 1. The van der Waals surface area contributed by atoms with Crippen LogP contribution in [0.15, 0.2) is 0 Å². The van der Waals surface area contributed by atoms with E-state index in [0.29, 0.717) is 12.5 Å². The molecule has 0 heterocycles. The molecule has 0 aromatic rings. The molecule has 0 spiro atoms. The van der Waals surface area contributed by atoms with E-state index in [0.717, 1.165) is 69.1 Å². The van der Waals surface area contributed by atoms with Crippen LogP contribution in [0.2, 0.25) is 0 Å². The smallest absolute Gasteiger partial charge is 0.312 e.